The Balaban J connectivity index is 5.78. The van der Waals surface area contributed by atoms with Crippen LogP contribution in [0.3, 0.4) is 0 Å². The molecule has 0 fully saturated rings. The molecule has 1 unspecified atom stereocenters. The van der Waals surface area contributed by atoms with Gasteiger partial charge in [0.15, 0.2) is 0 Å². The molecule has 0 nitrogen and oxygen atoms in total. The van der Waals surface area contributed by atoms with E-state index >= 15 is 0 Å². The van der Waals surface area contributed by atoms with Gasteiger partial charge in [-0.2, -0.15) is 0 Å². The van der Waals surface area contributed by atoms with Crippen molar-refractivity contribution in [1.82, 2.24) is 0 Å². The Hall–Kier alpha value is 0. The minimum atomic E-state index is 0.309. The molecule has 0 aliphatic heterocycles. The first-order valence-corrected chi connectivity index (χ1v) is 7.73. The zero-order chi connectivity index (χ0) is 15.0. The van der Waals surface area contributed by atoms with Crippen LogP contribution < -0.4 is 0 Å². The Labute approximate surface area is 117 Å². The van der Waals surface area contributed by atoms with Gasteiger partial charge >= 0.3 is 0 Å². The standard InChI is InChI=1S/C18H38/c1-12-16(7,8)18(11,13-14(2)3)17(9,10)15(4,5)6/h14H,12-13H2,1-11H3. The van der Waals surface area contributed by atoms with Crippen LogP contribution in [0.15, 0.2) is 0 Å². The first-order valence-electron chi connectivity index (χ1n) is 7.73. The highest BCUT2D eigenvalue weighted by molar-refractivity contribution is 5.03. The fourth-order valence-electron chi connectivity index (χ4n) is 3.41. The van der Waals surface area contributed by atoms with Gasteiger partial charge in [-0.1, -0.05) is 82.6 Å². The lowest BCUT2D eigenvalue weighted by Gasteiger charge is -2.60. The second-order valence-electron chi connectivity index (χ2n) is 9.04. The number of hydrogen-bond acceptors (Lipinski definition) is 0. The van der Waals surface area contributed by atoms with Gasteiger partial charge < -0.3 is 0 Å². The second-order valence-corrected chi connectivity index (χ2v) is 9.04. The Morgan fingerprint density at radius 2 is 1.17 bits per heavy atom. The Bertz CT molecular complexity index is 262. The summed E-state index contributed by atoms with van der Waals surface area (Å²) in [7, 11) is 0. The second kappa shape index (κ2) is 5.17. The summed E-state index contributed by atoms with van der Waals surface area (Å²) in [6.45, 7) is 26.7. The van der Waals surface area contributed by atoms with E-state index < -0.39 is 0 Å². The van der Waals surface area contributed by atoms with E-state index in [1.807, 2.05) is 0 Å². The molecular formula is C18H38. The summed E-state index contributed by atoms with van der Waals surface area (Å²) in [6.07, 6.45) is 2.55. The molecule has 0 aromatic carbocycles. The van der Waals surface area contributed by atoms with Crippen molar-refractivity contribution in [2.75, 3.05) is 0 Å². The Kier molecular flexibility index (Phi) is 5.17. The molecule has 0 radical (unpaired) electrons. The SMILES string of the molecule is CCC(C)(C)C(C)(CC(C)C)C(C)(C)C(C)(C)C. The molecule has 0 saturated carbocycles. The molecule has 0 aromatic heterocycles. The highest BCUT2D eigenvalue weighted by Crippen LogP contribution is 2.62. The van der Waals surface area contributed by atoms with Crippen LogP contribution in [-0.4, -0.2) is 0 Å². The third-order valence-electron chi connectivity index (χ3n) is 6.45. The van der Waals surface area contributed by atoms with E-state index in [9.17, 15) is 0 Å². The van der Waals surface area contributed by atoms with Crippen molar-refractivity contribution in [3.63, 3.8) is 0 Å². The molecule has 0 aliphatic carbocycles. The van der Waals surface area contributed by atoms with E-state index in [2.05, 4.69) is 76.2 Å². The summed E-state index contributed by atoms with van der Waals surface area (Å²) in [5, 5.41) is 0. The van der Waals surface area contributed by atoms with E-state index in [1.165, 1.54) is 12.8 Å². The molecule has 0 heteroatoms. The summed E-state index contributed by atoms with van der Waals surface area (Å²) >= 11 is 0. The van der Waals surface area contributed by atoms with Crippen molar-refractivity contribution in [2.24, 2.45) is 27.6 Å². The summed E-state index contributed by atoms with van der Waals surface area (Å²) in [5.41, 5.74) is 1.35. The molecule has 0 aliphatic rings. The van der Waals surface area contributed by atoms with Crippen LogP contribution in [0, 0.1) is 27.6 Å². The van der Waals surface area contributed by atoms with E-state index in [-0.39, 0.29) is 0 Å². The Morgan fingerprint density at radius 1 is 0.778 bits per heavy atom. The predicted octanol–water partition coefficient (Wildman–Crippen LogP) is 6.55. The fourth-order valence-corrected chi connectivity index (χ4v) is 3.41. The van der Waals surface area contributed by atoms with Gasteiger partial charge in [0.05, 0.1) is 0 Å². The molecule has 110 valence electrons. The van der Waals surface area contributed by atoms with Crippen LogP contribution >= 0.6 is 0 Å². The van der Waals surface area contributed by atoms with Gasteiger partial charge in [-0.25, -0.2) is 0 Å². The van der Waals surface area contributed by atoms with Gasteiger partial charge in [0.1, 0.15) is 0 Å². The van der Waals surface area contributed by atoms with Crippen LogP contribution in [0.5, 0.6) is 0 Å². The Morgan fingerprint density at radius 3 is 1.39 bits per heavy atom. The molecule has 0 saturated heterocycles. The molecular weight excluding hydrogens is 216 g/mol. The maximum Gasteiger partial charge on any atom is -0.0216 e. The summed E-state index contributed by atoms with van der Waals surface area (Å²) in [4.78, 5) is 0. The maximum absolute atomic E-state index is 2.53. The van der Waals surface area contributed by atoms with Gasteiger partial charge in [-0.15, -0.1) is 0 Å². The van der Waals surface area contributed by atoms with Gasteiger partial charge in [-0.3, -0.25) is 0 Å². The predicted molar refractivity (Wildman–Crippen MR) is 84.9 cm³/mol. The van der Waals surface area contributed by atoms with E-state index in [0.717, 1.165) is 5.92 Å². The lowest BCUT2D eigenvalue weighted by atomic mass is 9.44. The van der Waals surface area contributed by atoms with Gasteiger partial charge in [0.25, 0.3) is 0 Å². The van der Waals surface area contributed by atoms with Gasteiger partial charge in [-0.05, 0) is 34.0 Å². The molecule has 0 N–H and O–H groups in total. The molecule has 0 bridgehead atoms. The van der Waals surface area contributed by atoms with E-state index in [0.29, 0.717) is 21.7 Å². The monoisotopic (exact) mass is 254 g/mol. The summed E-state index contributed by atoms with van der Waals surface area (Å²) < 4.78 is 0. The number of hydrogen-bond donors (Lipinski definition) is 0. The minimum Gasteiger partial charge on any atom is -0.0649 e. The lowest BCUT2D eigenvalue weighted by Crippen LogP contribution is -2.53. The average Bonchev–Trinajstić information content (AvgIpc) is 2.14. The van der Waals surface area contributed by atoms with Crippen molar-refractivity contribution in [2.45, 2.75) is 89.0 Å². The molecule has 18 heavy (non-hydrogen) atoms. The minimum absolute atomic E-state index is 0.309. The maximum atomic E-state index is 2.53. The van der Waals surface area contributed by atoms with E-state index in [4.69, 9.17) is 0 Å². The molecule has 0 aromatic rings. The van der Waals surface area contributed by atoms with Gasteiger partial charge in [0.2, 0.25) is 0 Å². The van der Waals surface area contributed by atoms with Crippen molar-refractivity contribution in [1.29, 1.82) is 0 Å². The highest BCUT2D eigenvalue weighted by atomic mass is 14.6. The van der Waals surface area contributed by atoms with Crippen LogP contribution in [0.4, 0.5) is 0 Å². The van der Waals surface area contributed by atoms with Crippen molar-refractivity contribution >= 4 is 0 Å². The zero-order valence-corrected chi connectivity index (χ0v) is 15.0. The van der Waals surface area contributed by atoms with Crippen LogP contribution in [0.1, 0.15) is 89.0 Å². The molecule has 1 atom stereocenters. The fraction of sp³-hybridized carbons (Fsp3) is 1.00. The van der Waals surface area contributed by atoms with Crippen molar-refractivity contribution in [3.8, 4) is 0 Å². The van der Waals surface area contributed by atoms with E-state index in [1.54, 1.807) is 0 Å². The first kappa shape index (κ1) is 18.0. The topological polar surface area (TPSA) is 0 Å². The van der Waals surface area contributed by atoms with Crippen LogP contribution in [0.25, 0.3) is 0 Å². The highest BCUT2D eigenvalue weighted by Gasteiger charge is 2.54. The zero-order valence-electron chi connectivity index (χ0n) is 15.0. The normalized spacial score (nSPS) is 18.0. The smallest absolute Gasteiger partial charge is 0.0216 e. The quantitative estimate of drug-likeness (QED) is 0.522. The van der Waals surface area contributed by atoms with Crippen molar-refractivity contribution < 1.29 is 0 Å². The van der Waals surface area contributed by atoms with Crippen LogP contribution in [0.2, 0.25) is 0 Å². The summed E-state index contributed by atoms with van der Waals surface area (Å²) in [6, 6.07) is 0. The molecule has 0 spiro atoms. The molecule has 0 heterocycles. The molecule has 0 amide bonds. The largest absolute Gasteiger partial charge is 0.0649 e. The van der Waals surface area contributed by atoms with Crippen molar-refractivity contribution in [3.05, 3.63) is 0 Å². The lowest BCUT2D eigenvalue weighted by molar-refractivity contribution is -0.114. The van der Waals surface area contributed by atoms with Crippen LogP contribution in [-0.2, 0) is 0 Å². The number of rotatable bonds is 5. The molecule has 0 rings (SSSR count). The third-order valence-corrected chi connectivity index (χ3v) is 6.45. The average molecular weight is 255 g/mol. The summed E-state index contributed by atoms with van der Waals surface area (Å²) in [5.74, 6) is 0.752. The third kappa shape index (κ3) is 2.94. The van der Waals surface area contributed by atoms with Gasteiger partial charge in [0, 0.05) is 0 Å². The first-order chi connectivity index (χ1) is 7.73.